The van der Waals surface area contributed by atoms with Crippen molar-refractivity contribution in [3.05, 3.63) is 18.3 Å². The summed E-state index contributed by atoms with van der Waals surface area (Å²) in [5.41, 5.74) is 0. The first-order chi connectivity index (χ1) is 7.45. The summed E-state index contributed by atoms with van der Waals surface area (Å²) >= 11 is 0. The lowest BCUT2D eigenvalue weighted by molar-refractivity contribution is 0.203. The van der Waals surface area contributed by atoms with Crippen molar-refractivity contribution in [3.8, 4) is 5.88 Å². The number of hydrogen-bond donors (Lipinski definition) is 1. The lowest BCUT2D eigenvalue weighted by Gasteiger charge is -2.26. The number of hydrogen-bond acceptors (Lipinski definition) is 2. The minimum Gasteiger partial charge on any atom is -0.479 e. The van der Waals surface area contributed by atoms with Gasteiger partial charge in [0, 0.05) is 12.7 Å². The van der Waals surface area contributed by atoms with E-state index in [1.54, 1.807) is 0 Å². The first kappa shape index (κ1) is 10.6. The number of H-pyrrole nitrogens is 1. The van der Waals surface area contributed by atoms with Crippen molar-refractivity contribution in [1.82, 2.24) is 9.88 Å². The van der Waals surface area contributed by atoms with Gasteiger partial charge in [-0.1, -0.05) is 6.42 Å². The lowest BCUT2D eigenvalue weighted by atomic mass is 10.1. The standard InChI is InChI=1S/C12H20N2O/c1-2-8-14(9-3-1)10-5-11-15-12-6-4-7-13-12/h4,6-7,13H,1-3,5,8-11H2. The number of nitrogens with one attached hydrogen (secondary N) is 1. The molecule has 0 saturated carbocycles. The second kappa shape index (κ2) is 5.81. The van der Waals surface area contributed by atoms with E-state index < -0.39 is 0 Å². The Hall–Kier alpha value is -0.960. The van der Waals surface area contributed by atoms with Gasteiger partial charge in [-0.05, 0) is 44.5 Å². The third-order valence-corrected chi connectivity index (χ3v) is 2.89. The van der Waals surface area contributed by atoms with Gasteiger partial charge in [0.25, 0.3) is 0 Å². The third-order valence-electron chi connectivity index (χ3n) is 2.89. The number of nitrogens with zero attached hydrogens (tertiary/aromatic N) is 1. The molecule has 3 heteroatoms. The number of piperidine rings is 1. The molecular weight excluding hydrogens is 188 g/mol. The van der Waals surface area contributed by atoms with Gasteiger partial charge in [0.1, 0.15) is 0 Å². The smallest absolute Gasteiger partial charge is 0.190 e. The molecule has 0 bridgehead atoms. The van der Waals surface area contributed by atoms with Crippen LogP contribution < -0.4 is 4.74 Å². The van der Waals surface area contributed by atoms with Crippen molar-refractivity contribution < 1.29 is 4.74 Å². The third kappa shape index (κ3) is 3.59. The van der Waals surface area contributed by atoms with Crippen LogP contribution in [0.4, 0.5) is 0 Å². The average Bonchev–Trinajstić information content (AvgIpc) is 2.79. The fraction of sp³-hybridized carbons (Fsp3) is 0.667. The van der Waals surface area contributed by atoms with Gasteiger partial charge in [0.05, 0.1) is 6.61 Å². The van der Waals surface area contributed by atoms with Crippen molar-refractivity contribution in [2.45, 2.75) is 25.7 Å². The van der Waals surface area contributed by atoms with Crippen LogP contribution in [0.5, 0.6) is 5.88 Å². The maximum Gasteiger partial charge on any atom is 0.190 e. The molecule has 84 valence electrons. The molecule has 0 atom stereocenters. The fourth-order valence-electron chi connectivity index (χ4n) is 2.06. The number of aromatic nitrogens is 1. The SMILES string of the molecule is c1c[nH]c(OCCCN2CCCCC2)c1. The van der Waals surface area contributed by atoms with Crippen molar-refractivity contribution >= 4 is 0 Å². The summed E-state index contributed by atoms with van der Waals surface area (Å²) in [6, 6.07) is 3.92. The van der Waals surface area contributed by atoms with Crippen LogP contribution in [0.25, 0.3) is 0 Å². The Morgan fingerprint density at radius 3 is 2.87 bits per heavy atom. The van der Waals surface area contributed by atoms with Crippen LogP contribution >= 0.6 is 0 Å². The molecule has 1 saturated heterocycles. The predicted molar refractivity (Wildman–Crippen MR) is 61.2 cm³/mol. The molecule has 1 aliphatic rings. The zero-order valence-corrected chi connectivity index (χ0v) is 9.24. The number of ether oxygens (including phenoxy) is 1. The summed E-state index contributed by atoms with van der Waals surface area (Å²) in [4.78, 5) is 5.58. The van der Waals surface area contributed by atoms with Crippen molar-refractivity contribution in [1.29, 1.82) is 0 Å². The van der Waals surface area contributed by atoms with E-state index >= 15 is 0 Å². The van der Waals surface area contributed by atoms with E-state index in [0.29, 0.717) is 0 Å². The first-order valence-electron chi connectivity index (χ1n) is 5.94. The molecule has 2 heterocycles. The Balaban J connectivity index is 1.54. The number of rotatable bonds is 5. The summed E-state index contributed by atoms with van der Waals surface area (Å²) in [6.07, 6.45) is 7.17. The lowest BCUT2D eigenvalue weighted by Crippen LogP contribution is -2.31. The largest absolute Gasteiger partial charge is 0.479 e. The molecule has 15 heavy (non-hydrogen) atoms. The molecule has 1 aromatic heterocycles. The van der Waals surface area contributed by atoms with E-state index in [2.05, 4.69) is 9.88 Å². The highest BCUT2D eigenvalue weighted by Gasteiger charge is 2.08. The Kier molecular flexibility index (Phi) is 4.09. The Bertz CT molecular complexity index is 253. The second-order valence-corrected chi connectivity index (χ2v) is 4.14. The molecule has 1 aliphatic heterocycles. The summed E-state index contributed by atoms with van der Waals surface area (Å²) in [5, 5.41) is 0. The molecule has 1 fully saturated rings. The van der Waals surface area contributed by atoms with Crippen LogP contribution in [0.1, 0.15) is 25.7 Å². The Morgan fingerprint density at radius 2 is 2.13 bits per heavy atom. The highest BCUT2D eigenvalue weighted by Crippen LogP contribution is 2.09. The molecule has 1 aromatic rings. The first-order valence-corrected chi connectivity index (χ1v) is 5.94. The van der Waals surface area contributed by atoms with Crippen LogP contribution in [0.3, 0.4) is 0 Å². The van der Waals surface area contributed by atoms with Crippen LogP contribution in [0, 0.1) is 0 Å². The van der Waals surface area contributed by atoms with Gasteiger partial charge in [0.2, 0.25) is 0 Å². The van der Waals surface area contributed by atoms with Crippen LogP contribution in [0.15, 0.2) is 18.3 Å². The van der Waals surface area contributed by atoms with Gasteiger partial charge in [-0.25, -0.2) is 0 Å². The van der Waals surface area contributed by atoms with E-state index in [9.17, 15) is 0 Å². The maximum atomic E-state index is 5.55. The molecule has 0 aliphatic carbocycles. The fourth-order valence-corrected chi connectivity index (χ4v) is 2.06. The van der Waals surface area contributed by atoms with Crippen LogP contribution in [-0.4, -0.2) is 36.1 Å². The Labute approximate surface area is 91.4 Å². The van der Waals surface area contributed by atoms with Gasteiger partial charge in [-0.2, -0.15) is 0 Å². The summed E-state index contributed by atoms with van der Waals surface area (Å²) in [6.45, 7) is 4.56. The van der Waals surface area contributed by atoms with Gasteiger partial charge < -0.3 is 14.6 Å². The molecule has 2 rings (SSSR count). The number of aromatic amines is 1. The van der Waals surface area contributed by atoms with Crippen molar-refractivity contribution in [2.24, 2.45) is 0 Å². The van der Waals surface area contributed by atoms with E-state index in [0.717, 1.165) is 18.9 Å². The Morgan fingerprint density at radius 1 is 1.27 bits per heavy atom. The molecule has 3 nitrogen and oxygen atoms in total. The maximum absolute atomic E-state index is 5.55. The van der Waals surface area contributed by atoms with Crippen LogP contribution in [0.2, 0.25) is 0 Å². The summed E-state index contributed by atoms with van der Waals surface area (Å²) < 4.78 is 5.55. The summed E-state index contributed by atoms with van der Waals surface area (Å²) in [5.74, 6) is 0.883. The minimum atomic E-state index is 0.816. The summed E-state index contributed by atoms with van der Waals surface area (Å²) in [7, 11) is 0. The van der Waals surface area contributed by atoms with E-state index in [1.807, 2.05) is 18.3 Å². The molecule has 0 radical (unpaired) electrons. The second-order valence-electron chi connectivity index (χ2n) is 4.14. The van der Waals surface area contributed by atoms with Crippen molar-refractivity contribution in [3.63, 3.8) is 0 Å². The molecule has 1 N–H and O–H groups in total. The normalized spacial score (nSPS) is 17.9. The predicted octanol–water partition coefficient (Wildman–Crippen LogP) is 2.27. The van der Waals surface area contributed by atoms with E-state index in [4.69, 9.17) is 4.74 Å². The zero-order valence-electron chi connectivity index (χ0n) is 9.24. The van der Waals surface area contributed by atoms with Gasteiger partial charge in [-0.15, -0.1) is 0 Å². The highest BCUT2D eigenvalue weighted by atomic mass is 16.5. The van der Waals surface area contributed by atoms with E-state index in [1.165, 1.54) is 38.9 Å². The van der Waals surface area contributed by atoms with Gasteiger partial charge in [-0.3, -0.25) is 0 Å². The van der Waals surface area contributed by atoms with Crippen LogP contribution in [-0.2, 0) is 0 Å². The monoisotopic (exact) mass is 208 g/mol. The molecule has 0 amide bonds. The topological polar surface area (TPSA) is 28.3 Å². The molecule has 0 spiro atoms. The molecule has 0 aromatic carbocycles. The van der Waals surface area contributed by atoms with Gasteiger partial charge in [0.15, 0.2) is 5.88 Å². The minimum absolute atomic E-state index is 0.816. The van der Waals surface area contributed by atoms with E-state index in [-0.39, 0.29) is 0 Å². The number of likely N-dealkylation sites (tertiary alicyclic amines) is 1. The highest BCUT2D eigenvalue weighted by molar-refractivity contribution is 5.09. The zero-order chi connectivity index (χ0) is 10.3. The quantitative estimate of drug-likeness (QED) is 0.752. The average molecular weight is 208 g/mol. The van der Waals surface area contributed by atoms with Gasteiger partial charge >= 0.3 is 0 Å². The van der Waals surface area contributed by atoms with Crippen molar-refractivity contribution in [2.75, 3.05) is 26.2 Å². The molecule has 0 unspecified atom stereocenters. The molecular formula is C12H20N2O.